The molecular weight excluding hydrogens is 252 g/mol. The third-order valence-corrected chi connectivity index (χ3v) is 2.00. The maximum absolute atomic E-state index is 11.4. The van der Waals surface area contributed by atoms with Crippen molar-refractivity contribution >= 4 is 21.9 Å². The zero-order chi connectivity index (χ0) is 10.6. The zero-order valence-corrected chi connectivity index (χ0v) is 9.33. The van der Waals surface area contributed by atoms with Crippen LogP contribution in [0.4, 0.5) is 0 Å². The van der Waals surface area contributed by atoms with Crippen LogP contribution in [0.25, 0.3) is 0 Å². The van der Waals surface area contributed by atoms with Crippen molar-refractivity contribution in [1.29, 1.82) is 0 Å². The van der Waals surface area contributed by atoms with E-state index >= 15 is 0 Å². The first kappa shape index (κ1) is 11.3. The number of esters is 1. The fourth-order valence-electron chi connectivity index (χ4n) is 1.06. The minimum Gasteiger partial charge on any atom is -0.462 e. The van der Waals surface area contributed by atoms with E-state index in [0.29, 0.717) is 29.0 Å². The molecule has 1 aromatic rings. The molecule has 0 fully saturated rings. The fraction of sp³-hybridized carbons (Fsp3) is 0.444. The second-order valence-electron chi connectivity index (χ2n) is 2.58. The quantitative estimate of drug-likeness (QED) is 0.841. The van der Waals surface area contributed by atoms with Gasteiger partial charge >= 0.3 is 5.97 Å². The molecule has 4 nitrogen and oxygen atoms in total. The normalized spacial score (nSPS) is 10.2. The van der Waals surface area contributed by atoms with Crippen molar-refractivity contribution < 1.29 is 19.1 Å². The number of aliphatic hydroxyl groups excluding tert-OH is 1. The molecular formula is C9H11BrO4. The second-order valence-corrected chi connectivity index (χ2v) is 3.36. The number of carbonyl (C=O) groups is 1. The van der Waals surface area contributed by atoms with E-state index in [1.54, 1.807) is 13.0 Å². The van der Waals surface area contributed by atoms with Crippen LogP contribution >= 0.6 is 15.9 Å². The number of rotatable bonds is 4. The Kier molecular flexibility index (Phi) is 4.16. The van der Waals surface area contributed by atoms with Gasteiger partial charge in [-0.1, -0.05) is 0 Å². The van der Waals surface area contributed by atoms with Crippen LogP contribution in [0, 0.1) is 0 Å². The maximum Gasteiger partial charge on any atom is 0.341 e. The Balaban J connectivity index is 2.88. The van der Waals surface area contributed by atoms with Crippen LogP contribution in [-0.4, -0.2) is 24.3 Å². The highest BCUT2D eigenvalue weighted by Crippen LogP contribution is 2.21. The zero-order valence-electron chi connectivity index (χ0n) is 7.75. The Hall–Kier alpha value is -0.810. The van der Waals surface area contributed by atoms with Crippen LogP contribution in [0.5, 0.6) is 0 Å². The molecule has 0 aliphatic heterocycles. The molecule has 0 spiro atoms. The van der Waals surface area contributed by atoms with Gasteiger partial charge in [0.2, 0.25) is 0 Å². The van der Waals surface area contributed by atoms with E-state index in [1.807, 2.05) is 0 Å². The lowest BCUT2D eigenvalue weighted by molar-refractivity contribution is 0.0523. The Labute approximate surface area is 90.0 Å². The number of hydrogen-bond acceptors (Lipinski definition) is 4. The topological polar surface area (TPSA) is 59.7 Å². The van der Waals surface area contributed by atoms with Crippen LogP contribution < -0.4 is 0 Å². The molecule has 5 heteroatoms. The van der Waals surface area contributed by atoms with Crippen molar-refractivity contribution in [3.8, 4) is 0 Å². The highest BCUT2D eigenvalue weighted by molar-refractivity contribution is 9.10. The van der Waals surface area contributed by atoms with Crippen LogP contribution in [0.1, 0.15) is 23.0 Å². The van der Waals surface area contributed by atoms with E-state index < -0.39 is 5.97 Å². The van der Waals surface area contributed by atoms with Gasteiger partial charge in [-0.05, 0) is 22.9 Å². The fourth-order valence-corrected chi connectivity index (χ4v) is 1.49. The molecule has 0 bridgehead atoms. The number of furan rings is 1. The number of ether oxygens (including phenoxy) is 1. The second kappa shape index (κ2) is 5.17. The summed E-state index contributed by atoms with van der Waals surface area (Å²) in [6, 6.07) is 1.54. The Morgan fingerprint density at radius 2 is 2.43 bits per heavy atom. The molecule has 0 atom stereocenters. The molecule has 0 aliphatic carbocycles. The van der Waals surface area contributed by atoms with E-state index in [9.17, 15) is 4.79 Å². The molecule has 1 N–H and O–H groups in total. The van der Waals surface area contributed by atoms with Crippen molar-refractivity contribution in [2.45, 2.75) is 13.3 Å². The summed E-state index contributed by atoms with van der Waals surface area (Å²) in [7, 11) is 0. The number of carbonyl (C=O) groups excluding carboxylic acids is 1. The van der Waals surface area contributed by atoms with Gasteiger partial charge in [-0.15, -0.1) is 0 Å². The molecule has 0 saturated heterocycles. The van der Waals surface area contributed by atoms with Crippen molar-refractivity contribution in [3.63, 3.8) is 0 Å². The van der Waals surface area contributed by atoms with Gasteiger partial charge in [0, 0.05) is 12.5 Å². The first-order valence-electron chi connectivity index (χ1n) is 4.25. The third-order valence-electron chi connectivity index (χ3n) is 1.61. The van der Waals surface area contributed by atoms with Gasteiger partial charge in [0.1, 0.15) is 11.3 Å². The molecule has 0 saturated carbocycles. The van der Waals surface area contributed by atoms with Crippen molar-refractivity contribution in [2.24, 2.45) is 0 Å². The summed E-state index contributed by atoms with van der Waals surface area (Å²) >= 11 is 3.12. The van der Waals surface area contributed by atoms with Gasteiger partial charge in [0.05, 0.1) is 13.2 Å². The molecule has 0 radical (unpaired) electrons. The first-order chi connectivity index (χ1) is 6.69. The first-order valence-corrected chi connectivity index (χ1v) is 5.04. The van der Waals surface area contributed by atoms with Gasteiger partial charge in [0.15, 0.2) is 4.67 Å². The summed E-state index contributed by atoms with van der Waals surface area (Å²) < 4.78 is 10.5. The van der Waals surface area contributed by atoms with Crippen LogP contribution in [0.2, 0.25) is 0 Å². The Bertz CT molecular complexity index is 319. The summed E-state index contributed by atoms with van der Waals surface area (Å²) in [4.78, 5) is 11.4. The predicted molar refractivity (Wildman–Crippen MR) is 53.2 cm³/mol. The lowest BCUT2D eigenvalue weighted by Crippen LogP contribution is -2.06. The summed E-state index contributed by atoms with van der Waals surface area (Å²) in [5, 5.41) is 8.74. The predicted octanol–water partition coefficient (Wildman–Crippen LogP) is 1.75. The third kappa shape index (κ3) is 2.59. The minimum atomic E-state index is -0.426. The van der Waals surface area contributed by atoms with Gasteiger partial charge in [-0.3, -0.25) is 0 Å². The van der Waals surface area contributed by atoms with Crippen molar-refractivity contribution in [2.75, 3.05) is 13.2 Å². The summed E-state index contributed by atoms with van der Waals surface area (Å²) in [5.74, 6) is 0.0169. The Morgan fingerprint density at radius 1 is 1.71 bits per heavy atom. The van der Waals surface area contributed by atoms with E-state index in [-0.39, 0.29) is 6.61 Å². The number of hydrogen-bond donors (Lipinski definition) is 1. The molecule has 1 heterocycles. The average molecular weight is 263 g/mol. The molecule has 0 amide bonds. The van der Waals surface area contributed by atoms with E-state index in [2.05, 4.69) is 15.9 Å². The van der Waals surface area contributed by atoms with E-state index in [1.165, 1.54) is 0 Å². The summed E-state index contributed by atoms with van der Waals surface area (Å²) in [5.41, 5.74) is 0.368. The Morgan fingerprint density at radius 3 is 3.00 bits per heavy atom. The SMILES string of the molecule is CCOC(=O)c1cc(Br)oc1CCO. The molecule has 0 aliphatic rings. The highest BCUT2D eigenvalue weighted by atomic mass is 79.9. The van der Waals surface area contributed by atoms with Crippen molar-refractivity contribution in [1.82, 2.24) is 0 Å². The minimum absolute atomic E-state index is 0.0631. The lowest BCUT2D eigenvalue weighted by atomic mass is 10.2. The smallest absolute Gasteiger partial charge is 0.341 e. The maximum atomic E-state index is 11.4. The monoisotopic (exact) mass is 262 g/mol. The molecule has 0 aromatic carbocycles. The van der Waals surface area contributed by atoms with Crippen LogP contribution in [0.15, 0.2) is 15.2 Å². The largest absolute Gasteiger partial charge is 0.462 e. The lowest BCUT2D eigenvalue weighted by Gasteiger charge is -2.00. The molecule has 14 heavy (non-hydrogen) atoms. The van der Waals surface area contributed by atoms with E-state index in [0.717, 1.165) is 0 Å². The van der Waals surface area contributed by atoms with Crippen LogP contribution in [0.3, 0.4) is 0 Å². The van der Waals surface area contributed by atoms with Gasteiger partial charge < -0.3 is 14.3 Å². The number of halogens is 1. The van der Waals surface area contributed by atoms with E-state index in [4.69, 9.17) is 14.3 Å². The molecule has 0 unspecified atom stereocenters. The standard InChI is InChI=1S/C9H11BrO4/c1-2-13-9(12)6-5-8(10)14-7(6)3-4-11/h5,11H,2-4H2,1H3. The summed E-state index contributed by atoms with van der Waals surface area (Å²) in [6.07, 6.45) is 0.305. The molecule has 1 rings (SSSR count). The van der Waals surface area contributed by atoms with Gasteiger partial charge in [-0.2, -0.15) is 0 Å². The number of aliphatic hydroxyl groups is 1. The summed E-state index contributed by atoms with van der Waals surface area (Å²) in [6.45, 7) is 1.99. The average Bonchev–Trinajstić information content (AvgIpc) is 2.48. The van der Waals surface area contributed by atoms with Gasteiger partial charge in [-0.25, -0.2) is 4.79 Å². The van der Waals surface area contributed by atoms with Crippen LogP contribution in [-0.2, 0) is 11.2 Å². The highest BCUT2D eigenvalue weighted by Gasteiger charge is 2.17. The molecule has 78 valence electrons. The van der Waals surface area contributed by atoms with Gasteiger partial charge in [0.25, 0.3) is 0 Å². The molecule has 1 aromatic heterocycles. The van der Waals surface area contributed by atoms with Crippen molar-refractivity contribution in [3.05, 3.63) is 22.1 Å².